The largest absolute Gasteiger partial charge is 0.382 e. The first-order chi connectivity index (χ1) is 9.67. The van der Waals surface area contributed by atoms with Gasteiger partial charge in [-0.3, -0.25) is 0 Å². The van der Waals surface area contributed by atoms with E-state index in [2.05, 4.69) is 14.7 Å². The summed E-state index contributed by atoms with van der Waals surface area (Å²) in [6.07, 6.45) is 3.62. The predicted molar refractivity (Wildman–Crippen MR) is 84.4 cm³/mol. The summed E-state index contributed by atoms with van der Waals surface area (Å²) >= 11 is 3.04. The van der Waals surface area contributed by atoms with Crippen LogP contribution < -0.4 is 11.1 Å². The summed E-state index contributed by atoms with van der Waals surface area (Å²) in [7, 11) is 1.78. The van der Waals surface area contributed by atoms with E-state index in [0.29, 0.717) is 18.0 Å². The van der Waals surface area contributed by atoms with E-state index in [1.807, 2.05) is 12.3 Å². The fourth-order valence-electron chi connectivity index (χ4n) is 2.60. The molecular formula is C13H18N4OS2. The van der Waals surface area contributed by atoms with Crippen LogP contribution in [-0.2, 0) is 4.74 Å². The Hall–Kier alpha value is -1.18. The molecule has 108 valence electrons. The number of aryl methyl sites for hydroxylation is 1. The molecule has 1 aliphatic rings. The second-order valence-corrected chi connectivity index (χ2v) is 6.87. The Morgan fingerprint density at radius 3 is 2.95 bits per heavy atom. The highest BCUT2D eigenvalue weighted by atomic mass is 32.1. The Morgan fingerprint density at radius 1 is 1.45 bits per heavy atom. The Bertz CT molecular complexity index is 595. The fourth-order valence-corrected chi connectivity index (χ4v) is 4.00. The second kappa shape index (κ2) is 5.67. The third-order valence-corrected chi connectivity index (χ3v) is 5.21. The van der Waals surface area contributed by atoms with Crippen molar-refractivity contribution >= 4 is 33.7 Å². The number of aromatic nitrogens is 2. The monoisotopic (exact) mass is 310 g/mol. The van der Waals surface area contributed by atoms with E-state index in [4.69, 9.17) is 10.5 Å². The van der Waals surface area contributed by atoms with Crippen LogP contribution in [0.5, 0.6) is 0 Å². The molecule has 2 heterocycles. The van der Waals surface area contributed by atoms with Crippen molar-refractivity contribution in [3.05, 3.63) is 10.4 Å². The highest BCUT2D eigenvalue weighted by Crippen LogP contribution is 2.38. The van der Waals surface area contributed by atoms with Crippen molar-refractivity contribution < 1.29 is 4.74 Å². The number of hydrogen-bond donors (Lipinski definition) is 2. The van der Waals surface area contributed by atoms with Gasteiger partial charge in [-0.15, -0.1) is 11.3 Å². The minimum absolute atomic E-state index is 0.364. The summed E-state index contributed by atoms with van der Waals surface area (Å²) in [5.74, 6) is 0.559. The zero-order chi connectivity index (χ0) is 14.1. The first-order valence-corrected chi connectivity index (χ1v) is 8.29. The van der Waals surface area contributed by atoms with Crippen molar-refractivity contribution in [2.24, 2.45) is 0 Å². The minimum atomic E-state index is 0.364. The molecule has 20 heavy (non-hydrogen) atoms. The molecule has 2 aromatic rings. The standard InChI is InChI=1S/C13H18N4OS2/c1-7-15-10(6-19-7)11-12(14)17-20-13(11)16-8-3-4-9(5-8)18-2/h6,8-9,16H,3-5H2,1-2H3,(H2,14,17). The number of thiazole rings is 1. The van der Waals surface area contributed by atoms with Crippen molar-refractivity contribution in [3.63, 3.8) is 0 Å². The number of anilines is 2. The van der Waals surface area contributed by atoms with Gasteiger partial charge < -0.3 is 15.8 Å². The van der Waals surface area contributed by atoms with E-state index in [-0.39, 0.29) is 0 Å². The lowest BCUT2D eigenvalue weighted by atomic mass is 10.2. The molecule has 0 radical (unpaired) electrons. The molecule has 3 rings (SSSR count). The van der Waals surface area contributed by atoms with E-state index in [1.165, 1.54) is 11.5 Å². The van der Waals surface area contributed by atoms with E-state index in [0.717, 1.165) is 40.5 Å². The molecule has 7 heteroatoms. The average molecular weight is 310 g/mol. The lowest BCUT2D eigenvalue weighted by molar-refractivity contribution is 0.108. The maximum atomic E-state index is 6.01. The van der Waals surface area contributed by atoms with Gasteiger partial charge in [0.25, 0.3) is 0 Å². The molecule has 0 aliphatic heterocycles. The smallest absolute Gasteiger partial charge is 0.148 e. The molecule has 5 nitrogen and oxygen atoms in total. The molecule has 0 aromatic carbocycles. The number of nitrogen functional groups attached to an aromatic ring is 1. The molecular weight excluding hydrogens is 292 g/mol. The number of nitrogens with one attached hydrogen (secondary N) is 1. The van der Waals surface area contributed by atoms with E-state index < -0.39 is 0 Å². The average Bonchev–Trinajstić information content (AvgIpc) is 3.12. The summed E-state index contributed by atoms with van der Waals surface area (Å²) in [4.78, 5) is 4.52. The number of nitrogens with zero attached hydrogens (tertiary/aromatic N) is 2. The fraction of sp³-hybridized carbons (Fsp3) is 0.538. The van der Waals surface area contributed by atoms with Crippen LogP contribution >= 0.6 is 22.9 Å². The molecule has 1 fully saturated rings. The molecule has 0 amide bonds. The Morgan fingerprint density at radius 2 is 2.30 bits per heavy atom. The van der Waals surface area contributed by atoms with Gasteiger partial charge in [-0.2, -0.15) is 4.37 Å². The zero-order valence-corrected chi connectivity index (χ0v) is 13.2. The van der Waals surface area contributed by atoms with Gasteiger partial charge in [0.1, 0.15) is 10.8 Å². The second-order valence-electron chi connectivity index (χ2n) is 5.04. The van der Waals surface area contributed by atoms with Gasteiger partial charge in [-0.05, 0) is 37.7 Å². The van der Waals surface area contributed by atoms with E-state index in [9.17, 15) is 0 Å². The third kappa shape index (κ3) is 2.65. The van der Waals surface area contributed by atoms with Gasteiger partial charge in [-0.1, -0.05) is 0 Å². The highest BCUT2D eigenvalue weighted by Gasteiger charge is 2.26. The number of hydrogen-bond acceptors (Lipinski definition) is 7. The van der Waals surface area contributed by atoms with Crippen LogP contribution in [0.4, 0.5) is 10.8 Å². The van der Waals surface area contributed by atoms with Gasteiger partial charge in [0.05, 0.1) is 22.4 Å². The Labute approximate surface area is 126 Å². The highest BCUT2D eigenvalue weighted by molar-refractivity contribution is 7.11. The summed E-state index contributed by atoms with van der Waals surface area (Å²) in [6, 6.07) is 0.429. The number of nitrogens with two attached hydrogens (primary N) is 1. The van der Waals surface area contributed by atoms with Crippen LogP contribution in [0.2, 0.25) is 0 Å². The van der Waals surface area contributed by atoms with Gasteiger partial charge in [0, 0.05) is 18.5 Å². The lowest BCUT2D eigenvalue weighted by Gasteiger charge is -2.13. The molecule has 3 N–H and O–H groups in total. The van der Waals surface area contributed by atoms with Crippen LogP contribution in [0, 0.1) is 6.92 Å². The van der Waals surface area contributed by atoms with Gasteiger partial charge in [0.2, 0.25) is 0 Å². The van der Waals surface area contributed by atoms with Crippen LogP contribution in [0.25, 0.3) is 11.3 Å². The SMILES string of the molecule is COC1CCC(Nc2snc(N)c2-c2csc(C)n2)C1. The number of ether oxygens (including phenoxy) is 1. The Kier molecular flexibility index (Phi) is 3.91. The summed E-state index contributed by atoms with van der Waals surface area (Å²) in [6.45, 7) is 2.00. The normalized spacial score (nSPS) is 22.3. The molecule has 0 bridgehead atoms. The summed E-state index contributed by atoms with van der Waals surface area (Å²) in [5.41, 5.74) is 7.87. The van der Waals surface area contributed by atoms with Gasteiger partial charge in [-0.25, -0.2) is 4.98 Å². The predicted octanol–water partition coefficient (Wildman–Crippen LogP) is 3.14. The molecule has 0 saturated heterocycles. The first kappa shape index (κ1) is 13.8. The van der Waals surface area contributed by atoms with Crippen molar-refractivity contribution in [2.45, 2.75) is 38.3 Å². The van der Waals surface area contributed by atoms with Gasteiger partial charge in [0.15, 0.2) is 0 Å². The molecule has 2 unspecified atom stereocenters. The van der Waals surface area contributed by atoms with Crippen molar-refractivity contribution in [3.8, 4) is 11.3 Å². The molecule has 1 aliphatic carbocycles. The minimum Gasteiger partial charge on any atom is -0.382 e. The Balaban J connectivity index is 1.81. The topological polar surface area (TPSA) is 73.1 Å². The van der Waals surface area contributed by atoms with Crippen LogP contribution in [0.15, 0.2) is 5.38 Å². The maximum absolute atomic E-state index is 6.01. The third-order valence-electron chi connectivity index (χ3n) is 3.65. The zero-order valence-electron chi connectivity index (χ0n) is 11.5. The first-order valence-electron chi connectivity index (χ1n) is 6.64. The van der Waals surface area contributed by atoms with Crippen molar-refractivity contribution in [1.29, 1.82) is 0 Å². The molecule has 1 saturated carbocycles. The quantitative estimate of drug-likeness (QED) is 0.907. The maximum Gasteiger partial charge on any atom is 0.148 e. The summed E-state index contributed by atoms with van der Waals surface area (Å²) < 4.78 is 9.69. The number of rotatable bonds is 4. The van der Waals surface area contributed by atoms with Crippen LogP contribution in [-0.4, -0.2) is 28.6 Å². The van der Waals surface area contributed by atoms with Gasteiger partial charge >= 0.3 is 0 Å². The van der Waals surface area contributed by atoms with Crippen LogP contribution in [0.1, 0.15) is 24.3 Å². The van der Waals surface area contributed by atoms with E-state index in [1.54, 1.807) is 18.4 Å². The van der Waals surface area contributed by atoms with Crippen molar-refractivity contribution in [2.75, 3.05) is 18.2 Å². The molecule has 2 atom stereocenters. The van der Waals surface area contributed by atoms with E-state index >= 15 is 0 Å². The molecule has 0 spiro atoms. The molecule has 2 aromatic heterocycles. The van der Waals surface area contributed by atoms with Crippen molar-refractivity contribution in [1.82, 2.24) is 9.36 Å². The number of methoxy groups -OCH3 is 1. The lowest BCUT2D eigenvalue weighted by Crippen LogP contribution is -2.17. The van der Waals surface area contributed by atoms with Crippen LogP contribution in [0.3, 0.4) is 0 Å². The summed E-state index contributed by atoms with van der Waals surface area (Å²) in [5, 5.41) is 7.66.